The zero-order chi connectivity index (χ0) is 25.9. The summed E-state index contributed by atoms with van der Waals surface area (Å²) in [6, 6.07) is 10.8. The number of anilines is 1. The second-order valence-electron chi connectivity index (χ2n) is 9.00. The molecule has 0 aromatic heterocycles. The summed E-state index contributed by atoms with van der Waals surface area (Å²) in [6.45, 7) is 3.25. The van der Waals surface area contributed by atoms with Gasteiger partial charge < -0.3 is 9.84 Å². The number of hydrogen-bond donors (Lipinski definition) is 1. The zero-order valence-corrected chi connectivity index (χ0v) is 19.2. The van der Waals surface area contributed by atoms with E-state index in [-0.39, 0.29) is 11.3 Å². The number of fused-ring (bicyclic) bond motifs is 3. The summed E-state index contributed by atoms with van der Waals surface area (Å²) in [5.74, 6) is -1.59. The first-order chi connectivity index (χ1) is 17.0. The lowest BCUT2D eigenvalue weighted by Crippen LogP contribution is -2.36. The molecule has 0 bridgehead atoms. The average Bonchev–Trinajstić information content (AvgIpc) is 3.40. The molecule has 3 atom stereocenters. The third kappa shape index (κ3) is 3.55. The van der Waals surface area contributed by atoms with Gasteiger partial charge in [0, 0.05) is 17.2 Å². The lowest BCUT2D eigenvalue weighted by molar-refractivity contribution is -0.137. The predicted octanol–water partition coefficient (Wildman–Crippen LogP) is 5.05. The van der Waals surface area contributed by atoms with Crippen LogP contribution in [0.4, 0.5) is 23.7 Å². The van der Waals surface area contributed by atoms with Crippen LogP contribution in [0.3, 0.4) is 0 Å². The molecule has 7 nitrogen and oxygen atoms in total. The van der Waals surface area contributed by atoms with Crippen molar-refractivity contribution in [3.05, 3.63) is 88.2 Å². The molecule has 0 spiro atoms. The number of ether oxygens (including phenoxy) is 1. The number of carbonyl (C=O) groups is 3. The molecule has 3 unspecified atom stereocenters. The molecule has 1 fully saturated rings. The van der Waals surface area contributed by atoms with E-state index in [1.807, 2.05) is 12.1 Å². The van der Waals surface area contributed by atoms with E-state index in [1.165, 1.54) is 23.3 Å². The van der Waals surface area contributed by atoms with Crippen LogP contribution in [0.1, 0.15) is 36.6 Å². The highest BCUT2D eigenvalue weighted by atomic mass is 19.4. The summed E-state index contributed by atoms with van der Waals surface area (Å²) >= 11 is 0. The van der Waals surface area contributed by atoms with Crippen LogP contribution in [0.2, 0.25) is 0 Å². The largest absolute Gasteiger partial charge is 0.473 e. The molecule has 3 aliphatic rings. The van der Waals surface area contributed by atoms with Crippen LogP contribution in [-0.2, 0) is 26.9 Å². The van der Waals surface area contributed by atoms with E-state index in [1.54, 1.807) is 26.0 Å². The summed E-state index contributed by atoms with van der Waals surface area (Å²) in [7, 11) is 0. The van der Waals surface area contributed by atoms with Crippen LogP contribution in [0.5, 0.6) is 0 Å². The quantitative estimate of drug-likeness (QED) is 0.473. The maximum Gasteiger partial charge on any atom is 0.416 e. The molecule has 36 heavy (non-hydrogen) atoms. The van der Waals surface area contributed by atoms with E-state index >= 15 is 0 Å². The van der Waals surface area contributed by atoms with Crippen molar-refractivity contribution < 1.29 is 37.4 Å². The lowest BCUT2D eigenvalue weighted by Gasteiger charge is -2.26. The van der Waals surface area contributed by atoms with E-state index in [4.69, 9.17) is 4.74 Å². The van der Waals surface area contributed by atoms with Gasteiger partial charge in [-0.1, -0.05) is 24.3 Å². The van der Waals surface area contributed by atoms with Gasteiger partial charge in [0.15, 0.2) is 0 Å². The van der Waals surface area contributed by atoms with Gasteiger partial charge in [-0.15, -0.1) is 0 Å². The number of alkyl halides is 3. The van der Waals surface area contributed by atoms with Crippen LogP contribution in [0, 0.1) is 5.92 Å². The van der Waals surface area contributed by atoms with Crippen LogP contribution in [0.25, 0.3) is 0 Å². The van der Waals surface area contributed by atoms with Crippen molar-refractivity contribution in [3.8, 4) is 0 Å². The molecule has 0 radical (unpaired) electrons. The number of carboxylic acid groups (broad SMARTS) is 1. The zero-order valence-electron chi connectivity index (χ0n) is 19.2. The Morgan fingerprint density at radius 1 is 1.06 bits per heavy atom. The Bertz CT molecular complexity index is 1350. The van der Waals surface area contributed by atoms with Crippen molar-refractivity contribution in [1.29, 1.82) is 0 Å². The van der Waals surface area contributed by atoms with E-state index in [9.17, 15) is 32.7 Å². The van der Waals surface area contributed by atoms with Crippen LogP contribution in [0.15, 0.2) is 71.5 Å². The molecule has 1 aliphatic carbocycles. The highest BCUT2D eigenvalue weighted by molar-refractivity contribution is 6.09. The number of benzene rings is 2. The maximum absolute atomic E-state index is 13.1. The van der Waals surface area contributed by atoms with Crippen molar-refractivity contribution in [2.75, 3.05) is 4.90 Å². The SMILES string of the molecule is CC1=C(C)C(O/C=C2/C(=O)N(C(=O)O)C3c4ccccc4CC23)N(c2ccc(C(F)(F)F)cc2)C1=O. The minimum absolute atomic E-state index is 0.163. The fourth-order valence-electron chi connectivity index (χ4n) is 5.14. The Morgan fingerprint density at radius 3 is 2.36 bits per heavy atom. The summed E-state index contributed by atoms with van der Waals surface area (Å²) in [5.41, 5.74) is 2.11. The molecule has 2 aromatic rings. The number of amides is 3. The van der Waals surface area contributed by atoms with Gasteiger partial charge in [-0.3, -0.25) is 14.5 Å². The number of rotatable bonds is 3. The van der Waals surface area contributed by atoms with E-state index in [2.05, 4.69) is 0 Å². The van der Waals surface area contributed by atoms with Gasteiger partial charge in [-0.2, -0.15) is 13.2 Å². The van der Waals surface area contributed by atoms with Crippen molar-refractivity contribution in [2.24, 2.45) is 5.92 Å². The Balaban J connectivity index is 1.48. The first-order valence-corrected chi connectivity index (χ1v) is 11.2. The first-order valence-electron chi connectivity index (χ1n) is 11.2. The van der Waals surface area contributed by atoms with E-state index in [0.29, 0.717) is 17.6 Å². The molecule has 5 rings (SSSR count). The summed E-state index contributed by atoms with van der Waals surface area (Å²) in [6.07, 6.45) is -5.25. The smallest absolute Gasteiger partial charge is 0.416 e. The van der Waals surface area contributed by atoms with Gasteiger partial charge >= 0.3 is 12.3 Å². The molecule has 2 heterocycles. The summed E-state index contributed by atoms with van der Waals surface area (Å²) in [5, 5.41) is 9.73. The normalized spacial score (nSPS) is 24.6. The van der Waals surface area contributed by atoms with Crippen LogP contribution >= 0.6 is 0 Å². The van der Waals surface area contributed by atoms with Crippen LogP contribution in [-0.4, -0.2) is 34.1 Å². The fourth-order valence-corrected chi connectivity index (χ4v) is 5.14. The second kappa shape index (κ2) is 8.25. The Labute approximate surface area is 204 Å². The average molecular weight is 498 g/mol. The molecule has 10 heteroatoms. The molecule has 1 N–H and O–H groups in total. The molecule has 1 saturated heterocycles. The Hall–Kier alpha value is -4.08. The Kier molecular flexibility index (Phi) is 5.42. The third-order valence-electron chi connectivity index (χ3n) is 7.08. The maximum atomic E-state index is 13.1. The van der Waals surface area contributed by atoms with Crippen molar-refractivity contribution in [3.63, 3.8) is 0 Å². The highest BCUT2D eigenvalue weighted by Gasteiger charge is 2.52. The minimum Gasteiger partial charge on any atom is -0.473 e. The third-order valence-corrected chi connectivity index (χ3v) is 7.08. The van der Waals surface area contributed by atoms with E-state index in [0.717, 1.165) is 28.2 Å². The highest BCUT2D eigenvalue weighted by Crippen LogP contribution is 2.49. The number of hydrogen-bond acceptors (Lipinski definition) is 4. The first kappa shape index (κ1) is 23.7. The van der Waals surface area contributed by atoms with Crippen molar-refractivity contribution in [1.82, 2.24) is 4.90 Å². The molecule has 0 saturated carbocycles. The standard InChI is InChI=1S/C26H21F3N2O5/c1-13-14(2)24(30(22(13)32)17-9-7-16(8-10-17)26(27,28)29)36-12-20-19-11-15-5-3-4-6-18(15)21(19)31(23(20)33)25(34)35/h3-10,12,19,21,24H,11H2,1-2H3,(H,34,35)/b20-12+. The summed E-state index contributed by atoms with van der Waals surface area (Å²) < 4.78 is 44.9. The molecule has 2 aromatic carbocycles. The fraction of sp³-hybridized carbons (Fsp3) is 0.269. The van der Waals surface area contributed by atoms with Crippen LogP contribution < -0.4 is 4.90 Å². The number of carbonyl (C=O) groups excluding carboxylic acids is 2. The number of likely N-dealkylation sites (tertiary alicyclic amines) is 1. The van der Waals surface area contributed by atoms with Gasteiger partial charge in [0.25, 0.3) is 11.8 Å². The minimum atomic E-state index is -4.52. The molecule has 2 aliphatic heterocycles. The van der Waals surface area contributed by atoms with Gasteiger partial charge in [0.2, 0.25) is 6.23 Å². The van der Waals surface area contributed by atoms with Crippen molar-refractivity contribution in [2.45, 2.75) is 38.7 Å². The molecule has 3 amide bonds. The molecular formula is C26H21F3N2O5. The Morgan fingerprint density at radius 2 is 1.72 bits per heavy atom. The number of nitrogens with zero attached hydrogens (tertiary/aromatic N) is 2. The van der Waals surface area contributed by atoms with Gasteiger partial charge in [0.05, 0.1) is 23.4 Å². The van der Waals surface area contributed by atoms with Gasteiger partial charge in [0.1, 0.15) is 0 Å². The topological polar surface area (TPSA) is 87.2 Å². The number of imide groups is 1. The number of halogens is 3. The second-order valence-corrected chi connectivity index (χ2v) is 9.00. The molecular weight excluding hydrogens is 477 g/mol. The monoisotopic (exact) mass is 498 g/mol. The van der Waals surface area contributed by atoms with Crippen molar-refractivity contribution >= 4 is 23.6 Å². The predicted molar refractivity (Wildman–Crippen MR) is 122 cm³/mol. The molecule has 186 valence electrons. The van der Waals surface area contributed by atoms with Gasteiger partial charge in [-0.25, -0.2) is 9.69 Å². The van der Waals surface area contributed by atoms with E-state index < -0.39 is 47.8 Å². The lowest BCUT2D eigenvalue weighted by atomic mass is 9.97. The van der Waals surface area contributed by atoms with Gasteiger partial charge in [-0.05, 0) is 61.2 Å². The summed E-state index contributed by atoms with van der Waals surface area (Å²) in [4.78, 5) is 40.0.